The number of fused-ring (bicyclic) bond motifs is 1. The highest BCUT2D eigenvalue weighted by atomic mass is 35.5. The molecule has 22 heavy (non-hydrogen) atoms. The maximum absolute atomic E-state index is 12.3. The normalized spacial score (nSPS) is 14.7. The maximum atomic E-state index is 12.3. The molecule has 2 heterocycles. The Labute approximate surface area is 135 Å². The Kier molecular flexibility index (Phi) is 3.57. The Morgan fingerprint density at radius 2 is 2.14 bits per heavy atom. The fourth-order valence-corrected chi connectivity index (χ4v) is 3.34. The van der Waals surface area contributed by atoms with Gasteiger partial charge in [0.2, 0.25) is 0 Å². The number of hydrogen-bond donors (Lipinski definition) is 2. The smallest absolute Gasteiger partial charge is 0.338 e. The van der Waals surface area contributed by atoms with Crippen LogP contribution in [-0.2, 0) is 0 Å². The molecule has 0 amide bonds. The van der Waals surface area contributed by atoms with E-state index in [1.807, 2.05) is 13.8 Å². The van der Waals surface area contributed by atoms with E-state index in [4.69, 9.17) is 23.8 Å². The first kappa shape index (κ1) is 15.2. The highest BCUT2D eigenvalue weighted by Gasteiger charge is 2.32. The summed E-state index contributed by atoms with van der Waals surface area (Å²) >= 11 is 11.4. The van der Waals surface area contributed by atoms with Crippen molar-refractivity contribution in [3.63, 3.8) is 0 Å². The highest BCUT2D eigenvalue weighted by Crippen LogP contribution is 2.44. The van der Waals surface area contributed by atoms with E-state index in [-0.39, 0.29) is 38.4 Å². The molecule has 1 saturated carbocycles. The number of aromatic nitrogens is 3. The minimum Gasteiger partial charge on any atom is -0.478 e. The summed E-state index contributed by atoms with van der Waals surface area (Å²) in [5.74, 6) is -1.08. The van der Waals surface area contributed by atoms with Crippen molar-refractivity contribution in [3.05, 3.63) is 31.4 Å². The summed E-state index contributed by atoms with van der Waals surface area (Å²) in [4.78, 5) is 30.9. The number of pyridine rings is 1. The van der Waals surface area contributed by atoms with Crippen LogP contribution in [-0.4, -0.2) is 25.6 Å². The number of nitrogens with one attached hydrogen (secondary N) is 1. The number of halogens is 1. The maximum Gasteiger partial charge on any atom is 0.338 e. The second-order valence-corrected chi connectivity index (χ2v) is 6.45. The SMILES string of the molecule is CC(C)n1c(=S)[nH]c(=O)c2c(C(=O)O)c(Cl)c(C3CC3)nc21. The predicted molar refractivity (Wildman–Crippen MR) is 85.5 cm³/mol. The standard InChI is InChI=1S/C14H14ClN3O3S/c1-5(2)18-11-8(12(19)17-14(18)22)7(13(20)21)9(15)10(16-11)6-3-4-6/h5-6H,3-4H2,1-2H3,(H,20,21)(H,17,19,22). The molecule has 2 N–H and O–H groups in total. The van der Waals surface area contributed by atoms with Gasteiger partial charge in [0.1, 0.15) is 5.65 Å². The van der Waals surface area contributed by atoms with Gasteiger partial charge in [-0.25, -0.2) is 9.78 Å². The first-order valence-electron chi connectivity index (χ1n) is 6.94. The zero-order valence-corrected chi connectivity index (χ0v) is 13.6. The molecule has 116 valence electrons. The number of carboxylic acids is 1. The molecule has 0 aromatic carbocycles. The predicted octanol–water partition coefficient (Wildman–Crippen LogP) is 3.26. The number of hydrogen-bond acceptors (Lipinski definition) is 4. The first-order valence-corrected chi connectivity index (χ1v) is 7.72. The van der Waals surface area contributed by atoms with Crippen molar-refractivity contribution < 1.29 is 9.90 Å². The van der Waals surface area contributed by atoms with Crippen LogP contribution in [0.15, 0.2) is 4.79 Å². The molecule has 1 aliphatic rings. The number of H-pyrrole nitrogens is 1. The van der Waals surface area contributed by atoms with Crippen molar-refractivity contribution in [2.75, 3.05) is 0 Å². The molecule has 0 spiro atoms. The molecule has 3 rings (SSSR count). The van der Waals surface area contributed by atoms with Gasteiger partial charge in [-0.05, 0) is 38.9 Å². The van der Waals surface area contributed by atoms with Gasteiger partial charge in [-0.2, -0.15) is 0 Å². The minimum absolute atomic E-state index is 0.0239. The van der Waals surface area contributed by atoms with Gasteiger partial charge in [-0.3, -0.25) is 14.3 Å². The number of carboxylic acid groups (broad SMARTS) is 1. The van der Waals surface area contributed by atoms with Crippen LogP contribution in [0.4, 0.5) is 0 Å². The summed E-state index contributed by atoms with van der Waals surface area (Å²) in [5.41, 5.74) is 0.0543. The van der Waals surface area contributed by atoms with Crippen LogP contribution in [0.1, 0.15) is 54.7 Å². The summed E-state index contributed by atoms with van der Waals surface area (Å²) in [7, 11) is 0. The zero-order valence-electron chi connectivity index (χ0n) is 12.0. The van der Waals surface area contributed by atoms with Gasteiger partial charge in [-0.1, -0.05) is 11.6 Å². The molecular weight excluding hydrogens is 326 g/mol. The zero-order chi connectivity index (χ0) is 16.2. The van der Waals surface area contributed by atoms with Crippen LogP contribution in [0.25, 0.3) is 11.0 Å². The van der Waals surface area contributed by atoms with Gasteiger partial charge < -0.3 is 5.11 Å². The molecular formula is C14H14ClN3O3S. The molecule has 1 aliphatic carbocycles. The molecule has 0 atom stereocenters. The van der Waals surface area contributed by atoms with E-state index in [0.29, 0.717) is 5.69 Å². The van der Waals surface area contributed by atoms with E-state index in [1.165, 1.54) is 0 Å². The Hall–Kier alpha value is -1.73. The fourth-order valence-electron chi connectivity index (χ4n) is 2.58. The van der Waals surface area contributed by atoms with Crippen LogP contribution >= 0.6 is 23.8 Å². The Balaban J connectivity index is 2.58. The van der Waals surface area contributed by atoms with Gasteiger partial charge in [0, 0.05) is 12.0 Å². The van der Waals surface area contributed by atoms with Crippen molar-refractivity contribution in [3.8, 4) is 0 Å². The van der Waals surface area contributed by atoms with Gasteiger partial charge in [0.05, 0.1) is 21.7 Å². The molecule has 0 radical (unpaired) electrons. The number of rotatable bonds is 3. The lowest BCUT2D eigenvalue weighted by atomic mass is 10.1. The summed E-state index contributed by atoms with van der Waals surface area (Å²) < 4.78 is 1.88. The Morgan fingerprint density at radius 1 is 1.50 bits per heavy atom. The monoisotopic (exact) mass is 339 g/mol. The lowest BCUT2D eigenvalue weighted by Crippen LogP contribution is -2.21. The quantitative estimate of drug-likeness (QED) is 0.838. The van der Waals surface area contributed by atoms with E-state index >= 15 is 0 Å². The molecule has 0 unspecified atom stereocenters. The minimum atomic E-state index is -1.24. The largest absolute Gasteiger partial charge is 0.478 e. The summed E-state index contributed by atoms with van der Waals surface area (Å²) in [6.07, 6.45) is 1.84. The van der Waals surface area contributed by atoms with E-state index in [1.54, 1.807) is 4.57 Å². The van der Waals surface area contributed by atoms with Gasteiger partial charge in [0.15, 0.2) is 4.77 Å². The van der Waals surface area contributed by atoms with E-state index < -0.39 is 11.5 Å². The number of aromatic amines is 1. The number of carbonyl (C=O) groups is 1. The van der Waals surface area contributed by atoms with E-state index in [9.17, 15) is 14.7 Å². The third-order valence-corrected chi connectivity index (χ3v) is 4.41. The van der Waals surface area contributed by atoms with Crippen LogP contribution < -0.4 is 5.56 Å². The molecule has 0 aliphatic heterocycles. The van der Waals surface area contributed by atoms with E-state index in [2.05, 4.69) is 9.97 Å². The Morgan fingerprint density at radius 3 is 2.64 bits per heavy atom. The van der Waals surface area contributed by atoms with Gasteiger partial charge in [0.25, 0.3) is 5.56 Å². The molecule has 1 fully saturated rings. The number of nitrogens with zero attached hydrogens (tertiary/aromatic N) is 2. The number of aromatic carboxylic acids is 1. The highest BCUT2D eigenvalue weighted by molar-refractivity contribution is 7.71. The third-order valence-electron chi connectivity index (χ3n) is 3.73. The topological polar surface area (TPSA) is 88.0 Å². The second-order valence-electron chi connectivity index (χ2n) is 5.69. The lowest BCUT2D eigenvalue weighted by molar-refractivity contribution is 0.0699. The van der Waals surface area contributed by atoms with Crippen molar-refractivity contribution >= 4 is 40.8 Å². The van der Waals surface area contributed by atoms with Crippen molar-refractivity contribution in [2.45, 2.75) is 38.6 Å². The van der Waals surface area contributed by atoms with Gasteiger partial charge in [-0.15, -0.1) is 0 Å². The summed E-state index contributed by atoms with van der Waals surface area (Å²) in [5, 5.41) is 9.55. The average molecular weight is 340 g/mol. The lowest BCUT2D eigenvalue weighted by Gasteiger charge is -2.16. The first-order chi connectivity index (χ1) is 10.3. The molecule has 2 aromatic heterocycles. The Bertz CT molecular complexity index is 912. The molecule has 0 saturated heterocycles. The average Bonchev–Trinajstić information content (AvgIpc) is 3.22. The molecule has 6 nitrogen and oxygen atoms in total. The van der Waals surface area contributed by atoms with E-state index in [0.717, 1.165) is 12.8 Å². The summed E-state index contributed by atoms with van der Waals surface area (Å²) in [6, 6.07) is -0.0748. The molecule has 8 heteroatoms. The van der Waals surface area contributed by atoms with Gasteiger partial charge >= 0.3 is 5.97 Å². The summed E-state index contributed by atoms with van der Waals surface area (Å²) in [6.45, 7) is 3.78. The fraction of sp³-hybridized carbons (Fsp3) is 0.429. The van der Waals surface area contributed by atoms with Crippen LogP contribution in [0.2, 0.25) is 5.02 Å². The second kappa shape index (κ2) is 5.17. The van der Waals surface area contributed by atoms with Crippen LogP contribution in [0.5, 0.6) is 0 Å². The van der Waals surface area contributed by atoms with Crippen LogP contribution in [0, 0.1) is 4.77 Å². The van der Waals surface area contributed by atoms with Crippen LogP contribution in [0.3, 0.4) is 0 Å². The molecule has 2 aromatic rings. The molecule has 0 bridgehead atoms. The van der Waals surface area contributed by atoms with Crippen molar-refractivity contribution in [1.29, 1.82) is 0 Å². The van der Waals surface area contributed by atoms with Crippen molar-refractivity contribution in [2.24, 2.45) is 0 Å². The van der Waals surface area contributed by atoms with Crippen molar-refractivity contribution in [1.82, 2.24) is 14.5 Å². The third kappa shape index (κ3) is 2.24.